The highest BCUT2D eigenvalue weighted by Gasteiger charge is 2.17. The number of amides is 1. The van der Waals surface area contributed by atoms with Crippen LogP contribution in [0.1, 0.15) is 22.8 Å². The SMILES string of the molecule is CCN(CC(=O)O)C(=O)c1ccc(Br)c(C)c1. The first-order chi connectivity index (χ1) is 7.95. The number of rotatable bonds is 4. The van der Waals surface area contributed by atoms with Crippen molar-refractivity contribution < 1.29 is 14.7 Å². The Balaban J connectivity index is 2.93. The number of carbonyl (C=O) groups excluding carboxylic acids is 1. The lowest BCUT2D eigenvalue weighted by Gasteiger charge is -2.18. The summed E-state index contributed by atoms with van der Waals surface area (Å²) in [6, 6.07) is 5.22. The van der Waals surface area contributed by atoms with Gasteiger partial charge in [0.1, 0.15) is 6.54 Å². The number of carboxylic acid groups (broad SMARTS) is 1. The molecule has 0 spiro atoms. The number of aliphatic carboxylic acids is 1. The number of benzene rings is 1. The number of carbonyl (C=O) groups is 2. The van der Waals surface area contributed by atoms with Gasteiger partial charge in [-0.1, -0.05) is 15.9 Å². The molecule has 1 amide bonds. The van der Waals surface area contributed by atoms with Crippen LogP contribution in [0, 0.1) is 6.92 Å². The summed E-state index contributed by atoms with van der Waals surface area (Å²) < 4.78 is 0.926. The van der Waals surface area contributed by atoms with Crippen LogP contribution in [0.2, 0.25) is 0 Å². The number of hydrogen-bond acceptors (Lipinski definition) is 2. The van der Waals surface area contributed by atoms with E-state index in [0.29, 0.717) is 12.1 Å². The topological polar surface area (TPSA) is 57.6 Å². The van der Waals surface area contributed by atoms with Gasteiger partial charge in [0.05, 0.1) is 0 Å². The fourth-order valence-electron chi connectivity index (χ4n) is 1.45. The van der Waals surface area contributed by atoms with Crippen LogP contribution in [0.25, 0.3) is 0 Å². The fraction of sp³-hybridized carbons (Fsp3) is 0.333. The van der Waals surface area contributed by atoms with Gasteiger partial charge in [-0.15, -0.1) is 0 Å². The molecule has 1 aromatic rings. The van der Waals surface area contributed by atoms with E-state index in [1.54, 1.807) is 25.1 Å². The van der Waals surface area contributed by atoms with Gasteiger partial charge in [0.15, 0.2) is 0 Å². The summed E-state index contributed by atoms with van der Waals surface area (Å²) in [6.07, 6.45) is 0. The first kappa shape index (κ1) is 13.7. The third-order valence-electron chi connectivity index (χ3n) is 2.40. The predicted molar refractivity (Wildman–Crippen MR) is 68.1 cm³/mol. The zero-order valence-electron chi connectivity index (χ0n) is 9.74. The van der Waals surface area contributed by atoms with Crippen LogP contribution in [-0.4, -0.2) is 35.0 Å². The molecule has 0 aliphatic carbocycles. The maximum Gasteiger partial charge on any atom is 0.323 e. The molecule has 0 atom stereocenters. The fourth-order valence-corrected chi connectivity index (χ4v) is 1.70. The third-order valence-corrected chi connectivity index (χ3v) is 3.29. The Kier molecular flexibility index (Phi) is 4.69. The highest BCUT2D eigenvalue weighted by atomic mass is 79.9. The lowest BCUT2D eigenvalue weighted by molar-refractivity contribution is -0.137. The monoisotopic (exact) mass is 299 g/mol. The van der Waals surface area contributed by atoms with Crippen molar-refractivity contribution in [3.63, 3.8) is 0 Å². The van der Waals surface area contributed by atoms with E-state index in [9.17, 15) is 9.59 Å². The van der Waals surface area contributed by atoms with E-state index < -0.39 is 5.97 Å². The van der Waals surface area contributed by atoms with Crippen LogP contribution in [0.4, 0.5) is 0 Å². The van der Waals surface area contributed by atoms with Gasteiger partial charge in [-0.2, -0.15) is 0 Å². The van der Waals surface area contributed by atoms with Crippen LogP contribution in [0.15, 0.2) is 22.7 Å². The Morgan fingerprint density at radius 2 is 2.06 bits per heavy atom. The lowest BCUT2D eigenvalue weighted by Crippen LogP contribution is -2.35. The van der Waals surface area contributed by atoms with Crippen molar-refractivity contribution in [3.05, 3.63) is 33.8 Å². The van der Waals surface area contributed by atoms with Gasteiger partial charge in [-0.05, 0) is 37.6 Å². The molecule has 92 valence electrons. The molecule has 0 aliphatic heterocycles. The standard InChI is InChI=1S/C12H14BrNO3/c1-3-14(7-11(15)16)12(17)9-4-5-10(13)8(2)6-9/h4-6H,3,7H2,1-2H3,(H,15,16). The van der Waals surface area contributed by atoms with Crippen LogP contribution in [0.5, 0.6) is 0 Å². The van der Waals surface area contributed by atoms with E-state index in [2.05, 4.69) is 15.9 Å². The molecule has 17 heavy (non-hydrogen) atoms. The molecule has 0 aliphatic rings. The second kappa shape index (κ2) is 5.82. The normalized spacial score (nSPS) is 10.1. The Bertz CT molecular complexity index is 445. The van der Waals surface area contributed by atoms with E-state index in [-0.39, 0.29) is 12.5 Å². The second-order valence-corrected chi connectivity index (χ2v) is 4.53. The Labute approximate surface area is 108 Å². The van der Waals surface area contributed by atoms with Crippen molar-refractivity contribution in [3.8, 4) is 0 Å². The molecule has 0 aromatic heterocycles. The van der Waals surface area contributed by atoms with Gasteiger partial charge in [-0.3, -0.25) is 9.59 Å². The quantitative estimate of drug-likeness (QED) is 0.928. The third kappa shape index (κ3) is 3.56. The van der Waals surface area contributed by atoms with Gasteiger partial charge in [0.25, 0.3) is 5.91 Å². The first-order valence-electron chi connectivity index (χ1n) is 5.23. The van der Waals surface area contributed by atoms with E-state index in [0.717, 1.165) is 10.0 Å². The van der Waals surface area contributed by atoms with Crippen molar-refractivity contribution in [1.82, 2.24) is 4.90 Å². The summed E-state index contributed by atoms with van der Waals surface area (Å²) >= 11 is 3.35. The molecule has 0 saturated carbocycles. The van der Waals surface area contributed by atoms with Crippen molar-refractivity contribution in [2.75, 3.05) is 13.1 Å². The number of likely N-dealkylation sites (N-methyl/N-ethyl adjacent to an activating group) is 1. The minimum absolute atomic E-state index is 0.259. The van der Waals surface area contributed by atoms with Gasteiger partial charge in [-0.25, -0.2) is 0 Å². The molecule has 1 aromatic carbocycles. The molecule has 0 heterocycles. The molecule has 0 bridgehead atoms. The Morgan fingerprint density at radius 3 is 2.53 bits per heavy atom. The van der Waals surface area contributed by atoms with Gasteiger partial charge < -0.3 is 10.0 Å². The number of hydrogen-bond donors (Lipinski definition) is 1. The first-order valence-corrected chi connectivity index (χ1v) is 6.02. The van der Waals surface area contributed by atoms with Crippen molar-refractivity contribution in [1.29, 1.82) is 0 Å². The number of aryl methyl sites for hydroxylation is 1. The van der Waals surface area contributed by atoms with E-state index in [4.69, 9.17) is 5.11 Å². The molecule has 0 radical (unpaired) electrons. The largest absolute Gasteiger partial charge is 0.480 e. The number of nitrogens with zero attached hydrogens (tertiary/aromatic N) is 1. The minimum Gasteiger partial charge on any atom is -0.480 e. The molecule has 4 nitrogen and oxygen atoms in total. The Morgan fingerprint density at radius 1 is 1.41 bits per heavy atom. The lowest BCUT2D eigenvalue weighted by atomic mass is 10.1. The van der Waals surface area contributed by atoms with Gasteiger partial charge in [0, 0.05) is 16.6 Å². The zero-order valence-corrected chi connectivity index (χ0v) is 11.3. The van der Waals surface area contributed by atoms with Gasteiger partial charge in [0.2, 0.25) is 0 Å². The highest BCUT2D eigenvalue weighted by Crippen LogP contribution is 2.18. The molecular formula is C12H14BrNO3. The molecule has 5 heteroatoms. The van der Waals surface area contributed by atoms with Crippen molar-refractivity contribution in [2.24, 2.45) is 0 Å². The van der Waals surface area contributed by atoms with E-state index >= 15 is 0 Å². The summed E-state index contributed by atoms with van der Waals surface area (Å²) in [5.74, 6) is -1.26. The van der Waals surface area contributed by atoms with E-state index in [1.807, 2.05) is 6.92 Å². The smallest absolute Gasteiger partial charge is 0.323 e. The van der Waals surface area contributed by atoms with Crippen LogP contribution in [-0.2, 0) is 4.79 Å². The zero-order chi connectivity index (χ0) is 13.0. The molecule has 0 fully saturated rings. The Hall–Kier alpha value is -1.36. The van der Waals surface area contributed by atoms with Crippen LogP contribution >= 0.6 is 15.9 Å². The molecule has 1 rings (SSSR count). The number of carboxylic acids is 1. The van der Waals surface area contributed by atoms with Crippen molar-refractivity contribution in [2.45, 2.75) is 13.8 Å². The predicted octanol–water partition coefficient (Wildman–Crippen LogP) is 2.30. The summed E-state index contributed by atoms with van der Waals surface area (Å²) in [7, 11) is 0. The molecule has 1 N–H and O–H groups in total. The summed E-state index contributed by atoms with van der Waals surface area (Å²) in [6.45, 7) is 3.74. The highest BCUT2D eigenvalue weighted by molar-refractivity contribution is 9.10. The number of halogens is 1. The second-order valence-electron chi connectivity index (χ2n) is 3.68. The minimum atomic E-state index is -1.01. The summed E-state index contributed by atoms with van der Waals surface area (Å²) in [4.78, 5) is 23.9. The van der Waals surface area contributed by atoms with E-state index in [1.165, 1.54) is 4.90 Å². The van der Waals surface area contributed by atoms with Crippen LogP contribution < -0.4 is 0 Å². The molecule has 0 saturated heterocycles. The maximum absolute atomic E-state index is 12.0. The maximum atomic E-state index is 12.0. The molecular weight excluding hydrogens is 286 g/mol. The average Bonchev–Trinajstić information content (AvgIpc) is 2.28. The van der Waals surface area contributed by atoms with Gasteiger partial charge >= 0.3 is 5.97 Å². The molecule has 0 unspecified atom stereocenters. The van der Waals surface area contributed by atoms with Crippen molar-refractivity contribution >= 4 is 27.8 Å². The summed E-state index contributed by atoms with van der Waals surface area (Å²) in [5, 5.41) is 8.71. The average molecular weight is 300 g/mol. The van der Waals surface area contributed by atoms with Crippen LogP contribution in [0.3, 0.4) is 0 Å². The summed E-state index contributed by atoms with van der Waals surface area (Å²) in [5.41, 5.74) is 1.45.